The molecule has 0 radical (unpaired) electrons. The molecule has 0 fully saturated rings. The zero-order chi connectivity index (χ0) is 14.4. The fraction of sp³-hybridized carbons (Fsp3) is 0.643. The Morgan fingerprint density at radius 3 is 2.47 bits per heavy atom. The fourth-order valence-electron chi connectivity index (χ4n) is 2.09. The summed E-state index contributed by atoms with van der Waals surface area (Å²) in [6, 6.07) is 2.42. The van der Waals surface area contributed by atoms with Crippen LogP contribution in [0.4, 0.5) is 5.82 Å². The topological polar surface area (TPSA) is 62.0 Å². The van der Waals surface area contributed by atoms with E-state index in [0.29, 0.717) is 18.0 Å². The first-order valence-corrected chi connectivity index (χ1v) is 6.60. The van der Waals surface area contributed by atoms with Gasteiger partial charge in [0, 0.05) is 14.2 Å². The Hall–Kier alpha value is -1.67. The molecule has 0 saturated carbocycles. The molecule has 5 nitrogen and oxygen atoms in total. The van der Waals surface area contributed by atoms with Gasteiger partial charge in [-0.05, 0) is 25.3 Å². The first kappa shape index (κ1) is 15.4. The minimum Gasteiger partial charge on any atom is -0.383 e. The normalized spacial score (nSPS) is 12.0. The standard InChI is InChI=1S/C14H22N4O/c1-6-11-12(8-15)14(17-16-13(11)7-2)18(4)10(3)9-19-5/h10H,6-7,9H2,1-5H3. The number of hydrogen-bond donors (Lipinski definition) is 0. The molecular formula is C14H22N4O. The summed E-state index contributed by atoms with van der Waals surface area (Å²) in [4.78, 5) is 1.95. The Labute approximate surface area is 115 Å². The first-order chi connectivity index (χ1) is 9.10. The van der Waals surface area contributed by atoms with Gasteiger partial charge in [0.05, 0.1) is 18.3 Å². The van der Waals surface area contributed by atoms with Crippen LogP contribution < -0.4 is 4.90 Å². The highest BCUT2D eigenvalue weighted by atomic mass is 16.5. The number of hydrogen-bond acceptors (Lipinski definition) is 5. The zero-order valence-corrected chi connectivity index (χ0v) is 12.4. The molecule has 104 valence electrons. The predicted octanol–water partition coefficient (Wildman–Crippen LogP) is 1.94. The average Bonchev–Trinajstić information content (AvgIpc) is 2.44. The maximum Gasteiger partial charge on any atom is 0.169 e. The van der Waals surface area contributed by atoms with Crippen LogP contribution >= 0.6 is 0 Å². The van der Waals surface area contributed by atoms with Crippen LogP contribution in [0.25, 0.3) is 0 Å². The lowest BCUT2D eigenvalue weighted by atomic mass is 10.0. The van der Waals surface area contributed by atoms with Crippen LogP contribution in [-0.2, 0) is 17.6 Å². The van der Waals surface area contributed by atoms with Gasteiger partial charge in [0.2, 0.25) is 0 Å². The highest BCUT2D eigenvalue weighted by molar-refractivity contribution is 5.58. The minimum atomic E-state index is 0.142. The second-order valence-electron chi connectivity index (χ2n) is 4.56. The summed E-state index contributed by atoms with van der Waals surface area (Å²) >= 11 is 0. The lowest BCUT2D eigenvalue weighted by Gasteiger charge is -2.26. The first-order valence-electron chi connectivity index (χ1n) is 6.60. The van der Waals surface area contributed by atoms with Gasteiger partial charge in [0.1, 0.15) is 11.6 Å². The summed E-state index contributed by atoms with van der Waals surface area (Å²) in [7, 11) is 3.58. The van der Waals surface area contributed by atoms with E-state index >= 15 is 0 Å². The Kier molecular flexibility index (Phi) is 5.71. The van der Waals surface area contributed by atoms with Crippen molar-refractivity contribution >= 4 is 5.82 Å². The molecule has 1 unspecified atom stereocenters. The van der Waals surface area contributed by atoms with Crippen LogP contribution in [0.1, 0.15) is 37.6 Å². The van der Waals surface area contributed by atoms with Crippen molar-refractivity contribution in [2.45, 2.75) is 39.7 Å². The van der Waals surface area contributed by atoms with Crippen molar-refractivity contribution in [3.8, 4) is 6.07 Å². The molecule has 0 N–H and O–H groups in total. The molecule has 1 heterocycles. The van der Waals surface area contributed by atoms with Gasteiger partial charge in [-0.2, -0.15) is 10.4 Å². The number of likely N-dealkylation sites (N-methyl/N-ethyl adjacent to an activating group) is 1. The maximum absolute atomic E-state index is 9.44. The van der Waals surface area contributed by atoms with E-state index in [1.807, 2.05) is 32.7 Å². The molecule has 0 bridgehead atoms. The SMILES string of the molecule is CCc1nnc(N(C)C(C)COC)c(C#N)c1CC. The van der Waals surface area contributed by atoms with Crippen LogP contribution in [-0.4, -0.2) is 37.0 Å². The van der Waals surface area contributed by atoms with Gasteiger partial charge in [-0.3, -0.25) is 0 Å². The molecular weight excluding hydrogens is 240 g/mol. The second-order valence-corrected chi connectivity index (χ2v) is 4.56. The molecule has 0 amide bonds. The predicted molar refractivity (Wildman–Crippen MR) is 75.2 cm³/mol. The van der Waals surface area contributed by atoms with Crippen molar-refractivity contribution in [2.24, 2.45) is 0 Å². The quantitative estimate of drug-likeness (QED) is 0.784. The molecule has 0 spiro atoms. The van der Waals surface area contributed by atoms with Gasteiger partial charge in [-0.15, -0.1) is 5.10 Å². The van der Waals surface area contributed by atoms with Crippen molar-refractivity contribution in [2.75, 3.05) is 25.7 Å². The smallest absolute Gasteiger partial charge is 0.169 e. The summed E-state index contributed by atoms with van der Waals surface area (Å²) in [6.45, 7) is 6.69. The van der Waals surface area contributed by atoms with E-state index in [2.05, 4.69) is 16.3 Å². The van der Waals surface area contributed by atoms with Crippen molar-refractivity contribution < 1.29 is 4.74 Å². The van der Waals surface area contributed by atoms with E-state index in [0.717, 1.165) is 24.1 Å². The third kappa shape index (κ3) is 3.21. The number of rotatable bonds is 6. The molecule has 0 aliphatic rings. The lowest BCUT2D eigenvalue weighted by Crippen LogP contribution is -2.34. The van der Waals surface area contributed by atoms with Crippen LogP contribution in [0.3, 0.4) is 0 Å². The van der Waals surface area contributed by atoms with Crippen molar-refractivity contribution in [3.63, 3.8) is 0 Å². The van der Waals surface area contributed by atoms with Gasteiger partial charge in [-0.1, -0.05) is 13.8 Å². The molecule has 0 aliphatic carbocycles. The summed E-state index contributed by atoms with van der Waals surface area (Å²) in [5, 5.41) is 17.9. The number of ether oxygens (including phenoxy) is 1. The number of aromatic nitrogens is 2. The molecule has 0 aliphatic heterocycles. The Balaban J connectivity index is 3.25. The number of anilines is 1. The summed E-state index contributed by atoms with van der Waals surface area (Å²) in [5.74, 6) is 0.640. The van der Waals surface area contributed by atoms with Gasteiger partial charge in [0.15, 0.2) is 5.82 Å². The Morgan fingerprint density at radius 2 is 2.00 bits per heavy atom. The summed E-state index contributed by atoms with van der Waals surface area (Å²) < 4.78 is 5.15. The largest absolute Gasteiger partial charge is 0.383 e. The molecule has 0 saturated heterocycles. The van der Waals surface area contributed by atoms with Gasteiger partial charge < -0.3 is 9.64 Å². The zero-order valence-electron chi connectivity index (χ0n) is 12.4. The fourth-order valence-corrected chi connectivity index (χ4v) is 2.09. The lowest BCUT2D eigenvalue weighted by molar-refractivity contribution is 0.183. The third-order valence-corrected chi connectivity index (χ3v) is 3.34. The molecule has 19 heavy (non-hydrogen) atoms. The van der Waals surface area contributed by atoms with Crippen molar-refractivity contribution in [3.05, 3.63) is 16.8 Å². The van der Waals surface area contributed by atoms with Crippen LogP contribution in [0.15, 0.2) is 0 Å². The van der Waals surface area contributed by atoms with Crippen molar-refractivity contribution in [1.29, 1.82) is 5.26 Å². The Bertz CT molecular complexity index is 467. The van der Waals surface area contributed by atoms with Gasteiger partial charge in [0.25, 0.3) is 0 Å². The Morgan fingerprint density at radius 1 is 1.32 bits per heavy atom. The number of methoxy groups -OCH3 is 1. The molecule has 1 rings (SSSR count). The van der Waals surface area contributed by atoms with Gasteiger partial charge in [-0.25, -0.2) is 0 Å². The van der Waals surface area contributed by atoms with E-state index in [4.69, 9.17) is 4.74 Å². The summed E-state index contributed by atoms with van der Waals surface area (Å²) in [6.07, 6.45) is 1.59. The van der Waals surface area contributed by atoms with Crippen LogP contribution in [0, 0.1) is 11.3 Å². The van der Waals surface area contributed by atoms with E-state index in [9.17, 15) is 5.26 Å². The highest BCUT2D eigenvalue weighted by Crippen LogP contribution is 2.23. The molecule has 1 atom stereocenters. The minimum absolute atomic E-state index is 0.142. The van der Waals surface area contributed by atoms with E-state index in [-0.39, 0.29) is 6.04 Å². The van der Waals surface area contributed by atoms with E-state index in [1.165, 1.54) is 0 Å². The third-order valence-electron chi connectivity index (χ3n) is 3.34. The monoisotopic (exact) mass is 262 g/mol. The van der Waals surface area contributed by atoms with Crippen LogP contribution in [0.2, 0.25) is 0 Å². The molecule has 1 aromatic heterocycles. The van der Waals surface area contributed by atoms with E-state index in [1.54, 1.807) is 7.11 Å². The molecule has 5 heteroatoms. The highest BCUT2D eigenvalue weighted by Gasteiger charge is 2.20. The summed E-state index contributed by atoms with van der Waals surface area (Å²) in [5.41, 5.74) is 2.56. The molecule has 1 aromatic rings. The average molecular weight is 262 g/mol. The van der Waals surface area contributed by atoms with Crippen LogP contribution in [0.5, 0.6) is 0 Å². The number of nitriles is 1. The van der Waals surface area contributed by atoms with E-state index < -0.39 is 0 Å². The second kappa shape index (κ2) is 7.05. The van der Waals surface area contributed by atoms with Gasteiger partial charge >= 0.3 is 0 Å². The molecule has 0 aromatic carbocycles. The number of aryl methyl sites for hydroxylation is 1. The van der Waals surface area contributed by atoms with Crippen molar-refractivity contribution in [1.82, 2.24) is 10.2 Å². The number of nitrogens with zero attached hydrogens (tertiary/aromatic N) is 4. The maximum atomic E-state index is 9.44.